The van der Waals surface area contributed by atoms with E-state index in [1.54, 1.807) is 11.3 Å². The molecule has 1 aliphatic heterocycles. The summed E-state index contributed by atoms with van der Waals surface area (Å²) in [6, 6.07) is 56.5. The number of thiophene rings is 2. The lowest BCUT2D eigenvalue weighted by molar-refractivity contribution is 1.07. The van der Waals surface area contributed by atoms with Crippen LogP contribution >= 0.6 is 34.4 Å². The van der Waals surface area contributed by atoms with Gasteiger partial charge >= 0.3 is 0 Å². The minimum Gasteiger partial charge on any atom is -0.236 e. The van der Waals surface area contributed by atoms with Crippen molar-refractivity contribution in [3.05, 3.63) is 203 Å². The van der Waals surface area contributed by atoms with Crippen LogP contribution in [0.3, 0.4) is 0 Å². The molecule has 0 radical (unpaired) electrons. The Morgan fingerprint density at radius 3 is 1.48 bits per heavy atom. The van der Waals surface area contributed by atoms with Gasteiger partial charge in [0.05, 0.1) is 4.01 Å². The molecule has 5 heterocycles. The van der Waals surface area contributed by atoms with Crippen LogP contribution in [0.4, 0.5) is 0 Å². The van der Waals surface area contributed by atoms with Gasteiger partial charge in [-0.3, -0.25) is 0 Å². The van der Waals surface area contributed by atoms with Gasteiger partial charge in [0.2, 0.25) is 0 Å². The highest BCUT2D eigenvalue weighted by Crippen LogP contribution is 2.50. The summed E-state index contributed by atoms with van der Waals surface area (Å²) in [7, 11) is 0. The van der Waals surface area contributed by atoms with Crippen molar-refractivity contribution in [3.8, 4) is 78.9 Å². The van der Waals surface area contributed by atoms with Crippen LogP contribution in [0.5, 0.6) is 0 Å². The van der Waals surface area contributed by atoms with Crippen molar-refractivity contribution in [2.75, 3.05) is 0 Å². The summed E-state index contributed by atoms with van der Waals surface area (Å²) >= 11 is 5.54. The molecule has 8 heteroatoms. The molecule has 0 N–H and O–H groups in total. The zero-order valence-electron chi connectivity index (χ0n) is 32.1. The Balaban J connectivity index is 0.966. The van der Waals surface area contributed by atoms with Crippen molar-refractivity contribution in [3.63, 3.8) is 0 Å². The van der Waals surface area contributed by atoms with Crippen molar-refractivity contribution < 1.29 is 0 Å². The van der Waals surface area contributed by atoms with Gasteiger partial charge in [0, 0.05) is 72.7 Å². The number of thioether (sulfide) groups is 1. The largest absolute Gasteiger partial charge is 0.236 e. The molecule has 284 valence electrons. The number of hydrogen-bond donors (Lipinski definition) is 0. The first-order valence-electron chi connectivity index (χ1n) is 19.6. The van der Waals surface area contributed by atoms with Crippen LogP contribution in [0.15, 0.2) is 187 Å². The van der Waals surface area contributed by atoms with Gasteiger partial charge in [-0.2, -0.15) is 0 Å². The maximum Gasteiger partial charge on any atom is 0.164 e. The molecular formula is C52H33N5S3. The summed E-state index contributed by atoms with van der Waals surface area (Å²) in [6.45, 7) is 0. The second-order valence-electron chi connectivity index (χ2n) is 14.5. The molecule has 60 heavy (non-hydrogen) atoms. The SMILES string of the molecule is C1=C(c2cccc(-c3nc(-c4ccccc4)nc(-c4ccccc4)n3)c2)c2c(sc3scc(-c4cnc(-c5cc(-c6ccccc6)cc(-c6ccccc6)c5)nc4)c23)CS1. The highest BCUT2D eigenvalue weighted by molar-refractivity contribution is 8.01. The molecule has 0 atom stereocenters. The molecule has 0 saturated heterocycles. The zero-order valence-corrected chi connectivity index (χ0v) is 34.5. The van der Waals surface area contributed by atoms with Gasteiger partial charge in [-0.1, -0.05) is 140 Å². The van der Waals surface area contributed by atoms with Gasteiger partial charge in [-0.15, -0.1) is 34.4 Å². The zero-order chi connectivity index (χ0) is 39.8. The number of hydrogen-bond acceptors (Lipinski definition) is 8. The van der Waals surface area contributed by atoms with Gasteiger partial charge in [0.15, 0.2) is 23.3 Å². The Hall–Kier alpha value is -6.84. The minimum atomic E-state index is 0.642. The average Bonchev–Trinajstić information content (AvgIpc) is 3.92. The van der Waals surface area contributed by atoms with Crippen molar-refractivity contribution in [1.82, 2.24) is 24.9 Å². The normalized spacial score (nSPS) is 12.3. The minimum absolute atomic E-state index is 0.642. The van der Waals surface area contributed by atoms with E-state index in [1.165, 1.54) is 25.4 Å². The van der Waals surface area contributed by atoms with Gasteiger partial charge in [0.25, 0.3) is 0 Å². The number of rotatable bonds is 8. The van der Waals surface area contributed by atoms with Crippen LogP contribution in [-0.2, 0) is 5.75 Å². The van der Waals surface area contributed by atoms with Crippen LogP contribution < -0.4 is 0 Å². The van der Waals surface area contributed by atoms with E-state index in [4.69, 9.17) is 24.9 Å². The fourth-order valence-electron chi connectivity index (χ4n) is 7.76. The van der Waals surface area contributed by atoms with Crippen molar-refractivity contribution >= 4 is 49.4 Å². The Morgan fingerprint density at radius 2 is 0.900 bits per heavy atom. The number of benzene rings is 6. The molecule has 11 rings (SSSR count). The number of aromatic nitrogens is 5. The third-order valence-electron chi connectivity index (χ3n) is 10.7. The second-order valence-corrected chi connectivity index (χ2v) is 17.6. The monoisotopic (exact) mass is 823 g/mol. The molecule has 0 aliphatic carbocycles. The average molecular weight is 824 g/mol. The summed E-state index contributed by atoms with van der Waals surface area (Å²) < 4.78 is 1.31. The smallest absolute Gasteiger partial charge is 0.164 e. The molecule has 0 bridgehead atoms. The molecule has 10 aromatic rings. The van der Waals surface area contributed by atoms with Crippen LogP contribution in [0.25, 0.3) is 93.9 Å². The van der Waals surface area contributed by atoms with Crippen molar-refractivity contribution in [2.24, 2.45) is 0 Å². The van der Waals surface area contributed by atoms with E-state index in [1.807, 2.05) is 96.2 Å². The predicted molar refractivity (Wildman–Crippen MR) is 252 cm³/mol. The molecule has 0 saturated carbocycles. The lowest BCUT2D eigenvalue weighted by atomic mass is 9.94. The first-order valence-corrected chi connectivity index (χ1v) is 22.4. The third-order valence-corrected chi connectivity index (χ3v) is 14.0. The molecule has 5 nitrogen and oxygen atoms in total. The quantitative estimate of drug-likeness (QED) is 0.152. The fourth-order valence-corrected chi connectivity index (χ4v) is 11.3. The molecule has 0 unspecified atom stereocenters. The van der Waals surface area contributed by atoms with E-state index in [0.29, 0.717) is 23.3 Å². The van der Waals surface area contributed by atoms with E-state index in [2.05, 4.69) is 114 Å². The molecule has 0 amide bonds. The summed E-state index contributed by atoms with van der Waals surface area (Å²) in [6.07, 6.45) is 3.98. The highest BCUT2D eigenvalue weighted by atomic mass is 32.2. The summed E-state index contributed by atoms with van der Waals surface area (Å²) in [5, 5.41) is 5.85. The van der Waals surface area contributed by atoms with Crippen LogP contribution in [-0.4, -0.2) is 24.9 Å². The highest BCUT2D eigenvalue weighted by Gasteiger charge is 2.25. The summed E-state index contributed by atoms with van der Waals surface area (Å²) in [4.78, 5) is 26.4. The lowest BCUT2D eigenvalue weighted by Gasteiger charge is -2.16. The van der Waals surface area contributed by atoms with E-state index >= 15 is 0 Å². The van der Waals surface area contributed by atoms with Gasteiger partial charge in [0.1, 0.15) is 0 Å². The van der Waals surface area contributed by atoms with Crippen molar-refractivity contribution in [2.45, 2.75) is 5.75 Å². The Morgan fingerprint density at radius 1 is 0.417 bits per heavy atom. The number of nitrogens with zero attached hydrogens (tertiary/aromatic N) is 5. The van der Waals surface area contributed by atoms with Gasteiger partial charge < -0.3 is 0 Å². The van der Waals surface area contributed by atoms with E-state index in [-0.39, 0.29) is 0 Å². The second kappa shape index (κ2) is 15.7. The molecule has 0 spiro atoms. The van der Waals surface area contributed by atoms with Gasteiger partial charge in [-0.25, -0.2) is 24.9 Å². The first-order chi connectivity index (χ1) is 29.7. The summed E-state index contributed by atoms with van der Waals surface area (Å²) in [5.74, 6) is 3.58. The molecule has 4 aromatic heterocycles. The van der Waals surface area contributed by atoms with Crippen LogP contribution in [0.2, 0.25) is 0 Å². The maximum absolute atomic E-state index is 5.03. The maximum atomic E-state index is 5.03. The topological polar surface area (TPSA) is 64.5 Å². The fraction of sp³-hybridized carbons (Fsp3) is 0.0192. The predicted octanol–water partition coefficient (Wildman–Crippen LogP) is 14.2. The molecule has 1 aliphatic rings. The Labute approximate surface area is 359 Å². The van der Waals surface area contributed by atoms with Crippen molar-refractivity contribution in [1.29, 1.82) is 0 Å². The molecule has 6 aromatic carbocycles. The van der Waals surface area contributed by atoms with Gasteiger partial charge in [-0.05, 0) is 63.1 Å². The molecular weight excluding hydrogens is 791 g/mol. The van der Waals surface area contributed by atoms with Crippen LogP contribution in [0, 0.1) is 0 Å². The Kier molecular flexibility index (Phi) is 9.51. The first kappa shape index (κ1) is 36.3. The third kappa shape index (κ3) is 6.94. The summed E-state index contributed by atoms with van der Waals surface area (Å²) in [5.41, 5.74) is 14.2. The standard InChI is InChI=1S/C52H33N5S3/c1-5-14-33(15-6-1)39-25-40(34-16-7-2-8-17-34)27-41(26-39)48-53-28-42(29-54-48)44-31-59-52-47(44)46-43(30-58-32-45(46)60-52)37-22-13-23-38(24-37)51-56-49(35-18-9-3-10-19-35)55-50(57-51)36-20-11-4-12-21-36/h1-31H,32H2. The molecule has 0 fully saturated rings. The Bertz CT molecular complexity index is 3060. The van der Waals surface area contributed by atoms with Crippen LogP contribution in [0.1, 0.15) is 16.0 Å². The van der Waals surface area contributed by atoms with E-state index in [9.17, 15) is 0 Å². The van der Waals surface area contributed by atoms with E-state index < -0.39 is 0 Å². The number of fused-ring (bicyclic) bond motifs is 3. The van der Waals surface area contributed by atoms with E-state index in [0.717, 1.165) is 67.0 Å². The lowest BCUT2D eigenvalue weighted by Crippen LogP contribution is -2.01.